The molecule has 0 aliphatic carbocycles. The number of halogens is 1. The second-order valence-corrected chi connectivity index (χ2v) is 6.37. The Balaban J connectivity index is 1.74. The van der Waals surface area contributed by atoms with E-state index in [4.69, 9.17) is 8.83 Å². The summed E-state index contributed by atoms with van der Waals surface area (Å²) in [5.41, 5.74) is 1.56. The molecule has 3 heterocycles. The van der Waals surface area contributed by atoms with Gasteiger partial charge in [-0.1, -0.05) is 0 Å². The quantitative estimate of drug-likeness (QED) is 0.497. The lowest BCUT2D eigenvalue weighted by molar-refractivity contribution is -0.140. The molecule has 0 saturated heterocycles. The largest absolute Gasteiger partial charge is 0.436 e. The van der Waals surface area contributed by atoms with Gasteiger partial charge in [0.15, 0.2) is 5.58 Å². The minimum absolute atomic E-state index is 0.0790. The van der Waals surface area contributed by atoms with E-state index in [9.17, 15) is 19.2 Å². The summed E-state index contributed by atoms with van der Waals surface area (Å²) in [6, 6.07) is 9.10. The highest BCUT2D eigenvalue weighted by Crippen LogP contribution is 2.30. The van der Waals surface area contributed by atoms with Crippen molar-refractivity contribution in [3.05, 3.63) is 58.6 Å². The molecule has 7 nitrogen and oxygen atoms in total. The van der Waals surface area contributed by atoms with E-state index in [1.807, 2.05) is 6.07 Å². The zero-order valence-electron chi connectivity index (χ0n) is 15.5. The fourth-order valence-electron chi connectivity index (χ4n) is 3.10. The third-order valence-electron chi connectivity index (χ3n) is 4.63. The highest BCUT2D eigenvalue weighted by atomic mass is 19.1. The van der Waals surface area contributed by atoms with Gasteiger partial charge in [0.1, 0.15) is 23.2 Å². The number of imide groups is 1. The maximum Gasteiger partial charge on any atom is 0.271 e. The first-order valence-electron chi connectivity index (χ1n) is 8.78. The highest BCUT2D eigenvalue weighted by molar-refractivity contribution is 6.19. The predicted molar refractivity (Wildman–Crippen MR) is 100 cm³/mol. The number of carbonyl (C=O) groups is 2. The van der Waals surface area contributed by atoms with E-state index < -0.39 is 11.8 Å². The van der Waals surface area contributed by atoms with Crippen LogP contribution in [0.3, 0.4) is 0 Å². The Hall–Kier alpha value is -3.99. The van der Waals surface area contributed by atoms with Gasteiger partial charge in [-0.15, -0.1) is 0 Å². The number of likely N-dealkylation sites (N-methyl/N-ethyl adjacent to an activating group) is 1. The fourth-order valence-corrected chi connectivity index (χ4v) is 3.10. The molecule has 3 aromatic rings. The third kappa shape index (κ3) is 3.02. The summed E-state index contributed by atoms with van der Waals surface area (Å²) in [4.78, 5) is 30.1. The Morgan fingerprint density at radius 2 is 1.93 bits per heavy atom. The molecule has 0 spiro atoms. The molecular weight excluding hydrogens is 377 g/mol. The van der Waals surface area contributed by atoms with Crippen LogP contribution in [0.5, 0.6) is 0 Å². The van der Waals surface area contributed by atoms with Crippen molar-refractivity contribution in [2.75, 3.05) is 6.54 Å². The smallest absolute Gasteiger partial charge is 0.271 e. The van der Waals surface area contributed by atoms with Gasteiger partial charge in [-0.25, -0.2) is 4.39 Å². The monoisotopic (exact) mass is 391 g/mol. The van der Waals surface area contributed by atoms with Crippen LogP contribution in [0, 0.1) is 17.1 Å². The maximum absolute atomic E-state index is 13.1. The van der Waals surface area contributed by atoms with Crippen molar-refractivity contribution < 1.29 is 22.8 Å². The van der Waals surface area contributed by atoms with Crippen LogP contribution >= 0.6 is 0 Å². The number of hydrogen-bond acceptors (Lipinski definition) is 6. The van der Waals surface area contributed by atoms with E-state index in [0.717, 1.165) is 4.90 Å². The van der Waals surface area contributed by atoms with Crippen LogP contribution in [-0.2, 0) is 9.59 Å². The first-order valence-corrected chi connectivity index (χ1v) is 8.78. The normalized spacial score (nSPS) is 16.2. The highest BCUT2D eigenvalue weighted by Gasteiger charge is 2.34. The topological polar surface area (TPSA) is 100 Å². The molecule has 2 amide bonds. The van der Waals surface area contributed by atoms with E-state index in [1.54, 1.807) is 19.9 Å². The number of carbonyl (C=O) groups excluding carboxylic acids is 2. The molecule has 0 fully saturated rings. The SMILES string of the molecule is CCN1C(=O)C(C#N)=C(C)/C(=C/c2cc3oc(-c4ccc(F)cc4)nc3o2)C1=O. The van der Waals surface area contributed by atoms with Crippen molar-refractivity contribution >= 4 is 29.2 Å². The lowest BCUT2D eigenvalue weighted by Gasteiger charge is -2.25. The molecule has 0 saturated carbocycles. The standard InChI is InChI=1S/C21H14FN3O4/c1-3-25-20(26)15(11(2)16(10-23)21(25)27)8-14-9-17-19(28-14)24-18(29-17)12-4-6-13(22)7-5-12/h4-9H,3H2,1-2H3/b15-8-. The van der Waals surface area contributed by atoms with Crippen molar-refractivity contribution in [2.45, 2.75) is 13.8 Å². The zero-order chi connectivity index (χ0) is 20.7. The Labute approximate surface area is 164 Å². The predicted octanol–water partition coefficient (Wildman–Crippen LogP) is 3.84. The Bertz CT molecular complexity index is 1220. The molecule has 1 aromatic carbocycles. The maximum atomic E-state index is 13.1. The molecule has 8 heteroatoms. The molecule has 0 N–H and O–H groups in total. The van der Waals surface area contributed by atoms with E-state index >= 15 is 0 Å². The molecule has 0 bridgehead atoms. The molecule has 0 atom stereocenters. The second-order valence-electron chi connectivity index (χ2n) is 6.37. The van der Waals surface area contributed by atoms with Gasteiger partial charge in [-0.3, -0.25) is 14.5 Å². The summed E-state index contributed by atoms with van der Waals surface area (Å²) in [6.45, 7) is 3.35. The summed E-state index contributed by atoms with van der Waals surface area (Å²) in [5.74, 6) is -0.898. The van der Waals surface area contributed by atoms with Crippen molar-refractivity contribution in [1.82, 2.24) is 9.88 Å². The van der Waals surface area contributed by atoms with Crippen molar-refractivity contribution in [2.24, 2.45) is 0 Å². The second kappa shape index (κ2) is 6.87. The summed E-state index contributed by atoms with van der Waals surface area (Å²) in [5, 5.41) is 9.29. The van der Waals surface area contributed by atoms with Crippen molar-refractivity contribution in [3.63, 3.8) is 0 Å². The number of aromatic nitrogens is 1. The number of amides is 2. The number of fused-ring (bicyclic) bond motifs is 1. The molecule has 2 aromatic heterocycles. The molecule has 0 unspecified atom stereocenters. The van der Waals surface area contributed by atoms with E-state index in [1.165, 1.54) is 30.3 Å². The van der Waals surface area contributed by atoms with Gasteiger partial charge in [0.2, 0.25) is 5.89 Å². The van der Waals surface area contributed by atoms with Crippen LogP contribution in [0.25, 0.3) is 28.8 Å². The number of hydrogen-bond donors (Lipinski definition) is 0. The van der Waals surface area contributed by atoms with E-state index in [0.29, 0.717) is 22.5 Å². The lowest BCUT2D eigenvalue weighted by Crippen LogP contribution is -2.42. The fraction of sp³-hybridized carbons (Fsp3) is 0.143. The number of nitrogens with zero attached hydrogens (tertiary/aromatic N) is 3. The summed E-state index contributed by atoms with van der Waals surface area (Å²) >= 11 is 0. The minimum Gasteiger partial charge on any atom is -0.436 e. The Kier molecular flexibility index (Phi) is 4.35. The van der Waals surface area contributed by atoms with E-state index in [-0.39, 0.29) is 35.1 Å². The van der Waals surface area contributed by atoms with Crippen LogP contribution in [0.1, 0.15) is 19.6 Å². The Morgan fingerprint density at radius 3 is 2.55 bits per heavy atom. The van der Waals surface area contributed by atoms with Crippen LogP contribution in [0.15, 0.2) is 55.9 Å². The molecule has 1 aliphatic heterocycles. The van der Waals surface area contributed by atoms with Crippen molar-refractivity contribution in [3.8, 4) is 17.5 Å². The average molecular weight is 391 g/mol. The first-order chi connectivity index (χ1) is 13.9. The minimum atomic E-state index is -0.603. The molecule has 1 aliphatic rings. The summed E-state index contributed by atoms with van der Waals surface area (Å²) in [6.07, 6.45) is 1.46. The molecule has 144 valence electrons. The molecular formula is C21H14FN3O4. The van der Waals surface area contributed by atoms with Gasteiger partial charge in [-0.2, -0.15) is 10.2 Å². The Morgan fingerprint density at radius 1 is 1.21 bits per heavy atom. The van der Waals surface area contributed by atoms with Gasteiger partial charge in [0, 0.05) is 23.7 Å². The van der Waals surface area contributed by atoms with Crippen LogP contribution in [0.2, 0.25) is 0 Å². The van der Waals surface area contributed by atoms with Crippen LogP contribution in [0.4, 0.5) is 4.39 Å². The summed E-state index contributed by atoms with van der Waals surface area (Å²) < 4.78 is 24.4. The molecule has 0 radical (unpaired) electrons. The zero-order valence-corrected chi connectivity index (χ0v) is 15.5. The van der Waals surface area contributed by atoms with Gasteiger partial charge in [0.25, 0.3) is 17.5 Å². The molecule has 4 rings (SSSR count). The van der Waals surface area contributed by atoms with Gasteiger partial charge in [-0.05, 0) is 49.8 Å². The number of nitriles is 1. The van der Waals surface area contributed by atoms with Crippen molar-refractivity contribution in [1.29, 1.82) is 5.26 Å². The van der Waals surface area contributed by atoms with E-state index in [2.05, 4.69) is 4.98 Å². The van der Waals surface area contributed by atoms with Gasteiger partial charge in [0.05, 0.1) is 0 Å². The number of benzene rings is 1. The third-order valence-corrected chi connectivity index (χ3v) is 4.63. The number of rotatable bonds is 3. The van der Waals surface area contributed by atoms with Gasteiger partial charge >= 0.3 is 0 Å². The molecule has 29 heavy (non-hydrogen) atoms. The number of oxazole rings is 1. The number of furan rings is 1. The lowest BCUT2D eigenvalue weighted by atomic mass is 9.95. The first kappa shape index (κ1) is 18.4. The van der Waals surface area contributed by atoms with Gasteiger partial charge < -0.3 is 8.83 Å². The van der Waals surface area contributed by atoms with Crippen LogP contribution in [-0.4, -0.2) is 28.2 Å². The summed E-state index contributed by atoms with van der Waals surface area (Å²) in [7, 11) is 0. The van der Waals surface area contributed by atoms with Crippen LogP contribution < -0.4 is 0 Å². The average Bonchev–Trinajstić information content (AvgIpc) is 3.25.